The molecule has 0 saturated carbocycles. The van der Waals surface area contributed by atoms with Gasteiger partial charge in [-0.3, -0.25) is 0 Å². The Labute approximate surface area is 498 Å². The summed E-state index contributed by atoms with van der Waals surface area (Å²) in [6.45, 7) is 40.9. The van der Waals surface area contributed by atoms with E-state index in [0.29, 0.717) is 24.6 Å². The van der Waals surface area contributed by atoms with Crippen LogP contribution in [0.15, 0.2) is 164 Å². The van der Waals surface area contributed by atoms with Crippen LogP contribution in [0, 0.1) is 0 Å². The van der Waals surface area contributed by atoms with Gasteiger partial charge in [-0.1, -0.05) is 158 Å². The van der Waals surface area contributed by atoms with Crippen LogP contribution in [0.4, 0.5) is 0 Å². The fourth-order valence-corrected chi connectivity index (χ4v) is 61.7. The van der Waals surface area contributed by atoms with Gasteiger partial charge in [0.15, 0.2) is 25.0 Å². The summed E-state index contributed by atoms with van der Waals surface area (Å²) in [5.41, 5.74) is 0. The smallest absolute Gasteiger partial charge is 0.463 e. The second kappa shape index (κ2) is 29.6. The summed E-state index contributed by atoms with van der Waals surface area (Å²) in [5.74, 6) is -0.440. The summed E-state index contributed by atoms with van der Waals surface area (Å²) in [7, 11) is -29.2. The molecule has 0 N–H and O–H groups in total. The van der Waals surface area contributed by atoms with Crippen molar-refractivity contribution in [3.63, 3.8) is 0 Å². The molecule has 80 heavy (non-hydrogen) atoms. The summed E-state index contributed by atoms with van der Waals surface area (Å²) in [5, 5.41) is 6.22. The van der Waals surface area contributed by atoms with E-state index in [-0.39, 0.29) is 6.61 Å². The fourth-order valence-electron chi connectivity index (χ4n) is 10.2. The molecule has 0 spiro atoms. The monoisotopic (exact) mass is 1290 g/mol. The van der Waals surface area contributed by atoms with E-state index in [1.54, 1.807) is 0 Å². The minimum atomic E-state index is -3.69. The lowest BCUT2D eigenvalue weighted by atomic mass is 10.4. The van der Waals surface area contributed by atoms with Crippen molar-refractivity contribution >= 4 is 136 Å². The van der Waals surface area contributed by atoms with Crippen LogP contribution in [0.25, 0.3) is 0 Å². The predicted molar refractivity (Wildman–Crippen MR) is 367 cm³/mol. The molecular weight excluding hydrogens is 1190 g/mol. The van der Waals surface area contributed by atoms with E-state index >= 15 is 0 Å². The molecule has 0 aliphatic heterocycles. The van der Waals surface area contributed by atoms with Crippen LogP contribution in [0.3, 0.4) is 0 Å². The van der Waals surface area contributed by atoms with Gasteiger partial charge >= 0.3 is 23.6 Å². The van der Waals surface area contributed by atoms with Crippen LogP contribution >= 0.6 is 0 Å². The van der Waals surface area contributed by atoms with E-state index in [1.807, 2.05) is 0 Å². The van der Waals surface area contributed by atoms with E-state index in [2.05, 4.69) is 263 Å². The average Bonchev–Trinajstić information content (AvgIpc) is 3.40. The maximum atomic E-state index is 12.6. The molecule has 0 atom stereocenters. The number of benzene rings is 5. The molecule has 0 aromatic heterocycles. The molecule has 0 unspecified atom stereocenters. The van der Waals surface area contributed by atoms with Crippen LogP contribution in [0.2, 0.25) is 147 Å². The first-order valence-electron chi connectivity index (χ1n) is 28.9. The maximum Gasteiger partial charge on any atom is 0.470 e. The molecule has 0 aliphatic rings. The molecule has 5 rings (SSSR count). The van der Waals surface area contributed by atoms with Crippen molar-refractivity contribution in [3.05, 3.63) is 164 Å². The van der Waals surface area contributed by atoms with Crippen molar-refractivity contribution in [2.45, 2.75) is 153 Å². The van der Waals surface area contributed by atoms with Gasteiger partial charge in [-0.25, -0.2) is 4.79 Å². The molecule has 0 saturated heterocycles. The normalized spacial score (nSPS) is 14.4. The zero-order valence-electron chi connectivity index (χ0n) is 51.6. The highest BCUT2D eigenvalue weighted by atomic mass is 28.5. The topological polar surface area (TPSA) is 100 Å². The third-order valence-electron chi connectivity index (χ3n) is 14.7. The van der Waals surface area contributed by atoms with Crippen LogP contribution in [-0.2, 0) is 42.5 Å². The van der Waals surface area contributed by atoms with E-state index in [0.717, 1.165) is 24.2 Å². The zero-order valence-corrected chi connectivity index (χ0v) is 64.4. The Kier molecular flexibility index (Phi) is 25.3. The second-order valence-corrected chi connectivity index (χ2v) is 68.7. The summed E-state index contributed by atoms with van der Waals surface area (Å²) in [6, 6.07) is 59.1. The van der Waals surface area contributed by atoms with Gasteiger partial charge in [-0.05, 0) is 167 Å². The van der Waals surface area contributed by atoms with Crippen molar-refractivity contribution in [3.8, 4) is 0 Å². The molecule has 0 aliphatic carbocycles. The lowest BCUT2D eigenvalue weighted by Crippen LogP contribution is -2.68. The molecule has 0 amide bonds. The number of hydrogen-bond donors (Lipinski definition) is 0. The summed E-state index contributed by atoms with van der Waals surface area (Å²) < 4.78 is 66.9. The Hall–Kier alpha value is -2.41. The number of carbonyl (C=O) groups excluding carboxylic acids is 1. The Morgan fingerprint density at radius 2 is 0.650 bits per heavy atom. The highest BCUT2D eigenvalue weighted by Crippen LogP contribution is 2.38. The molecule has 0 radical (unpaired) electrons. The highest BCUT2D eigenvalue weighted by Gasteiger charge is 2.57. The number of ether oxygens (including phenoxy) is 1. The number of rotatable bonds is 35. The third-order valence-corrected chi connectivity index (χ3v) is 60.6. The van der Waals surface area contributed by atoms with Crippen LogP contribution in [0.5, 0.6) is 0 Å². The van der Waals surface area contributed by atoms with Gasteiger partial charge in [-0.2, -0.15) is 0 Å². The number of hydrogen-bond acceptors (Lipinski definition) is 10. The predicted octanol–water partition coefficient (Wildman–Crippen LogP) is 11.3. The minimum Gasteiger partial charge on any atom is -0.463 e. The zero-order chi connectivity index (χ0) is 59.0. The van der Waals surface area contributed by atoms with Gasteiger partial charge in [0.25, 0.3) is 0 Å². The van der Waals surface area contributed by atoms with Crippen molar-refractivity contribution in [1.82, 2.24) is 0 Å². The standard InChI is InChI=1S/C58H98O10Si12/c1-18-58(59)60-45-34-48-79(63-71(2,3)49-46-69-61-74(8,9)53-35-24-19-25-36-53,64-72(4,5)50-47-70-62-75(10,11)54-37-26-20-27-38-54)65-73(6,7)51-52-80(66-76(12,13)55-39-28-21-29-40-55,67-77(14,15)56-41-30-22-31-42-56)68-78(16,17)57-43-32-23-33-44-57/h18-33,35-44H,1,34,45-52,69-70H2,2-17H3. The van der Waals surface area contributed by atoms with Crippen LogP contribution in [0.1, 0.15) is 6.42 Å². The minimum absolute atomic E-state index is 0.213. The van der Waals surface area contributed by atoms with E-state index in [4.69, 9.17) is 37.7 Å². The largest absolute Gasteiger partial charge is 0.470 e. The van der Waals surface area contributed by atoms with Gasteiger partial charge in [0.2, 0.25) is 41.6 Å². The number of carbonyl (C=O) groups is 1. The van der Waals surface area contributed by atoms with E-state index < -0.39 is 110 Å². The van der Waals surface area contributed by atoms with Crippen molar-refractivity contribution in [2.75, 3.05) is 6.61 Å². The van der Waals surface area contributed by atoms with Gasteiger partial charge in [0.05, 0.1) is 6.61 Å². The molecular formula is C58H98O10Si12. The van der Waals surface area contributed by atoms with Gasteiger partial charge in [0.1, 0.15) is 19.5 Å². The first-order chi connectivity index (χ1) is 37.3. The molecule has 5 aromatic rings. The van der Waals surface area contributed by atoms with Crippen molar-refractivity contribution < 1.29 is 42.5 Å². The van der Waals surface area contributed by atoms with E-state index in [1.165, 1.54) is 32.0 Å². The SMILES string of the molecule is C=CC(=O)OCCC[Si](O[Si](C)(C)CC[SiH2]O[Si](C)(C)c1ccccc1)(O[Si](C)(C)CC[SiH2]O[Si](C)(C)c1ccccc1)O[Si](C)(C)CC[Si](O[Si](C)(C)c1ccccc1)(O[Si](C)(C)c1ccccc1)O[Si](C)(C)c1ccccc1. The highest BCUT2D eigenvalue weighted by molar-refractivity contribution is 6.99. The molecule has 5 aromatic carbocycles. The fraction of sp³-hybridized carbons (Fsp3) is 0.431. The molecule has 438 valence electrons. The van der Waals surface area contributed by atoms with Gasteiger partial charge < -0.3 is 37.7 Å². The van der Waals surface area contributed by atoms with Gasteiger partial charge in [-0.15, -0.1) is 0 Å². The Morgan fingerprint density at radius 1 is 0.375 bits per heavy atom. The van der Waals surface area contributed by atoms with Crippen LogP contribution in [-0.4, -0.2) is 116 Å². The lowest BCUT2D eigenvalue weighted by Gasteiger charge is -2.47. The first-order valence-corrected chi connectivity index (χ1v) is 59.8. The quantitative estimate of drug-likeness (QED) is 0.0169. The Morgan fingerprint density at radius 3 is 0.950 bits per heavy atom. The lowest BCUT2D eigenvalue weighted by molar-refractivity contribution is -0.137. The average molecular weight is 1290 g/mol. The van der Waals surface area contributed by atoms with Crippen molar-refractivity contribution in [2.24, 2.45) is 0 Å². The van der Waals surface area contributed by atoms with Gasteiger partial charge in [0, 0.05) is 18.2 Å². The van der Waals surface area contributed by atoms with E-state index in [9.17, 15) is 4.79 Å². The summed E-state index contributed by atoms with van der Waals surface area (Å²) in [6.07, 6.45) is 1.76. The molecule has 0 fully saturated rings. The molecule has 0 heterocycles. The summed E-state index contributed by atoms with van der Waals surface area (Å²) >= 11 is 0. The third kappa shape index (κ3) is 21.9. The molecule has 22 heteroatoms. The Bertz CT molecular complexity index is 2450. The maximum absolute atomic E-state index is 12.6. The van der Waals surface area contributed by atoms with Crippen molar-refractivity contribution in [1.29, 1.82) is 0 Å². The number of esters is 1. The second-order valence-electron chi connectivity index (χ2n) is 25.5. The summed E-state index contributed by atoms with van der Waals surface area (Å²) in [4.78, 5) is 12.6. The molecule has 0 bridgehead atoms. The molecule has 10 nitrogen and oxygen atoms in total. The van der Waals surface area contributed by atoms with Crippen LogP contribution < -0.4 is 25.9 Å². The first kappa shape index (κ1) is 68.4. The Balaban J connectivity index is 1.57.